The van der Waals surface area contributed by atoms with Gasteiger partial charge in [-0.15, -0.1) is 0 Å². The van der Waals surface area contributed by atoms with Gasteiger partial charge in [-0.2, -0.15) is 5.10 Å². The molecule has 0 bridgehead atoms. The second kappa shape index (κ2) is 5.51. The van der Waals surface area contributed by atoms with Crippen molar-refractivity contribution in [3.05, 3.63) is 34.9 Å². The highest BCUT2D eigenvalue weighted by molar-refractivity contribution is 6.30. The van der Waals surface area contributed by atoms with Crippen molar-refractivity contribution in [1.29, 1.82) is 0 Å². The van der Waals surface area contributed by atoms with Gasteiger partial charge in [-0.3, -0.25) is 0 Å². The quantitative estimate of drug-likeness (QED) is 0.632. The predicted molar refractivity (Wildman–Crippen MR) is 65.1 cm³/mol. The van der Waals surface area contributed by atoms with Crippen LogP contribution in [0, 0.1) is 0 Å². The van der Waals surface area contributed by atoms with Crippen LogP contribution in [0.4, 0.5) is 0 Å². The Morgan fingerprint density at radius 2 is 2.19 bits per heavy atom. The van der Waals surface area contributed by atoms with Crippen molar-refractivity contribution in [1.82, 2.24) is 5.43 Å². The number of hydrazone groups is 1. The lowest BCUT2D eigenvalue weighted by atomic mass is 10.2. The van der Waals surface area contributed by atoms with Gasteiger partial charge in [-0.25, -0.2) is 10.4 Å². The van der Waals surface area contributed by atoms with Crippen LogP contribution in [0.5, 0.6) is 0 Å². The van der Waals surface area contributed by atoms with Crippen LogP contribution in [0.3, 0.4) is 0 Å². The van der Waals surface area contributed by atoms with Crippen molar-refractivity contribution in [3.63, 3.8) is 0 Å². The lowest BCUT2D eigenvalue weighted by Gasteiger charge is -2.11. The molecule has 1 aliphatic heterocycles. The molecule has 1 aromatic carbocycles. The van der Waals surface area contributed by atoms with E-state index in [4.69, 9.17) is 16.3 Å². The fourth-order valence-electron chi connectivity index (χ4n) is 1.24. The molecule has 0 fully saturated rings. The number of aliphatic imine (C=N–C) groups is 1. The smallest absolute Gasteiger partial charge is 0.305 e. The van der Waals surface area contributed by atoms with Crippen LogP contribution in [0.15, 0.2) is 34.4 Å². The zero-order valence-electron chi connectivity index (χ0n) is 8.69. The monoisotopic (exact) mass is 237 g/mol. The molecule has 0 aromatic heterocycles. The number of benzene rings is 1. The summed E-state index contributed by atoms with van der Waals surface area (Å²) in [5.41, 5.74) is 3.71. The van der Waals surface area contributed by atoms with Gasteiger partial charge in [0.05, 0.1) is 12.8 Å². The van der Waals surface area contributed by atoms with E-state index in [2.05, 4.69) is 15.5 Å². The van der Waals surface area contributed by atoms with Crippen LogP contribution >= 0.6 is 11.6 Å². The van der Waals surface area contributed by atoms with Gasteiger partial charge < -0.3 is 4.74 Å². The minimum absolute atomic E-state index is 0.483. The van der Waals surface area contributed by atoms with Gasteiger partial charge in [-0.05, 0) is 17.7 Å². The molecule has 0 spiro atoms. The summed E-state index contributed by atoms with van der Waals surface area (Å²) in [5, 5.41) is 4.73. The van der Waals surface area contributed by atoms with Crippen LogP contribution < -0.4 is 5.43 Å². The summed E-state index contributed by atoms with van der Waals surface area (Å²) in [5.74, 6) is 0. The minimum Gasteiger partial charge on any atom is -0.464 e. The van der Waals surface area contributed by atoms with Crippen LogP contribution in [0.2, 0.25) is 5.02 Å². The van der Waals surface area contributed by atoms with Crippen LogP contribution in [0.25, 0.3) is 0 Å². The van der Waals surface area contributed by atoms with E-state index in [9.17, 15) is 0 Å². The van der Waals surface area contributed by atoms with E-state index in [1.165, 1.54) is 0 Å². The lowest BCUT2D eigenvalue weighted by molar-refractivity contribution is 0.268. The van der Waals surface area contributed by atoms with Gasteiger partial charge >= 0.3 is 6.02 Å². The minimum atomic E-state index is 0.483. The third kappa shape index (κ3) is 3.24. The fraction of sp³-hybridized carbons (Fsp3) is 0.273. The Morgan fingerprint density at radius 3 is 2.88 bits per heavy atom. The molecule has 2 rings (SSSR count). The number of amidine groups is 1. The highest BCUT2D eigenvalue weighted by atomic mass is 35.5. The van der Waals surface area contributed by atoms with Crippen molar-refractivity contribution in [3.8, 4) is 0 Å². The highest BCUT2D eigenvalue weighted by Gasteiger charge is 2.02. The molecule has 1 N–H and O–H groups in total. The van der Waals surface area contributed by atoms with Crippen molar-refractivity contribution in [2.45, 2.75) is 6.42 Å². The van der Waals surface area contributed by atoms with Gasteiger partial charge in [0.25, 0.3) is 0 Å². The predicted octanol–water partition coefficient (Wildman–Crippen LogP) is 2.04. The van der Waals surface area contributed by atoms with Crippen LogP contribution in [-0.2, 0) is 4.74 Å². The molecular weight excluding hydrogens is 226 g/mol. The number of rotatable bonds is 2. The van der Waals surface area contributed by atoms with E-state index in [-0.39, 0.29) is 0 Å². The lowest BCUT2D eigenvalue weighted by Crippen LogP contribution is -2.25. The Morgan fingerprint density at radius 1 is 1.38 bits per heavy atom. The maximum Gasteiger partial charge on any atom is 0.305 e. The van der Waals surface area contributed by atoms with E-state index >= 15 is 0 Å². The molecule has 16 heavy (non-hydrogen) atoms. The number of ether oxygens (including phenoxy) is 1. The van der Waals surface area contributed by atoms with E-state index in [1.807, 2.05) is 24.3 Å². The first-order chi connectivity index (χ1) is 7.84. The average Bonchev–Trinajstić information content (AvgIpc) is 2.33. The summed E-state index contributed by atoms with van der Waals surface area (Å²) in [7, 11) is 0. The molecule has 1 aliphatic rings. The summed E-state index contributed by atoms with van der Waals surface area (Å²) in [4.78, 5) is 4.12. The molecule has 0 amide bonds. The highest BCUT2D eigenvalue weighted by Crippen LogP contribution is 2.07. The molecule has 1 heterocycles. The van der Waals surface area contributed by atoms with Crippen molar-refractivity contribution in [2.75, 3.05) is 13.2 Å². The Hall–Kier alpha value is -1.55. The summed E-state index contributed by atoms with van der Waals surface area (Å²) in [6, 6.07) is 7.89. The molecular formula is C11H12ClN3O. The average molecular weight is 238 g/mol. The van der Waals surface area contributed by atoms with E-state index in [0.717, 1.165) is 18.5 Å². The first-order valence-electron chi connectivity index (χ1n) is 5.06. The van der Waals surface area contributed by atoms with Crippen LogP contribution in [-0.4, -0.2) is 25.4 Å². The molecule has 4 nitrogen and oxygen atoms in total. The molecule has 5 heteroatoms. The summed E-state index contributed by atoms with van der Waals surface area (Å²) >= 11 is 5.77. The van der Waals surface area contributed by atoms with Crippen molar-refractivity contribution < 1.29 is 4.74 Å². The summed E-state index contributed by atoms with van der Waals surface area (Å²) < 4.78 is 5.24. The van der Waals surface area contributed by atoms with Gasteiger partial charge in [-0.1, -0.05) is 23.7 Å². The third-order valence-corrected chi connectivity index (χ3v) is 2.29. The van der Waals surface area contributed by atoms with Gasteiger partial charge in [0.2, 0.25) is 0 Å². The van der Waals surface area contributed by atoms with Crippen molar-refractivity contribution in [2.24, 2.45) is 10.1 Å². The maximum absolute atomic E-state index is 5.77. The SMILES string of the molecule is Clc1ccc(/C=N/NC2=NCCCO2)cc1. The molecule has 0 saturated carbocycles. The molecule has 0 atom stereocenters. The third-order valence-electron chi connectivity index (χ3n) is 2.04. The standard InChI is InChI=1S/C11H12ClN3O/c12-10-4-2-9(3-5-10)8-14-15-11-13-6-1-7-16-11/h2-5,8H,1,6-7H2,(H,13,15)/b14-8+. The second-order valence-electron chi connectivity index (χ2n) is 3.31. The normalized spacial score (nSPS) is 15.7. The molecule has 0 radical (unpaired) electrons. The van der Waals surface area contributed by atoms with Crippen molar-refractivity contribution >= 4 is 23.8 Å². The van der Waals surface area contributed by atoms with Crippen LogP contribution in [0.1, 0.15) is 12.0 Å². The fourth-order valence-corrected chi connectivity index (χ4v) is 1.36. The first kappa shape index (κ1) is 11.0. The number of hydrogen-bond acceptors (Lipinski definition) is 4. The Bertz CT molecular complexity index is 400. The maximum atomic E-state index is 5.77. The Kier molecular flexibility index (Phi) is 3.77. The Balaban J connectivity index is 1.89. The number of halogens is 1. The topological polar surface area (TPSA) is 46.0 Å². The largest absolute Gasteiger partial charge is 0.464 e. The number of nitrogens with zero attached hydrogens (tertiary/aromatic N) is 2. The summed E-state index contributed by atoms with van der Waals surface area (Å²) in [6.07, 6.45) is 2.66. The Labute approximate surface area is 99.0 Å². The zero-order valence-corrected chi connectivity index (χ0v) is 9.44. The molecule has 0 saturated heterocycles. The van der Waals surface area contributed by atoms with E-state index < -0.39 is 0 Å². The van der Waals surface area contributed by atoms with Gasteiger partial charge in [0.1, 0.15) is 0 Å². The molecule has 1 aromatic rings. The first-order valence-corrected chi connectivity index (χ1v) is 5.44. The van der Waals surface area contributed by atoms with Gasteiger partial charge in [0.15, 0.2) is 0 Å². The molecule has 0 unspecified atom stereocenters. The zero-order chi connectivity index (χ0) is 11.2. The molecule has 0 aliphatic carbocycles. The second-order valence-corrected chi connectivity index (χ2v) is 3.75. The van der Waals surface area contributed by atoms with E-state index in [0.29, 0.717) is 17.7 Å². The number of nitrogens with one attached hydrogen (secondary N) is 1. The summed E-state index contributed by atoms with van der Waals surface area (Å²) in [6.45, 7) is 1.49. The molecule has 84 valence electrons. The number of hydrogen-bond donors (Lipinski definition) is 1. The van der Waals surface area contributed by atoms with E-state index in [1.54, 1.807) is 6.21 Å². The van der Waals surface area contributed by atoms with Gasteiger partial charge in [0, 0.05) is 18.0 Å².